The Hall–Kier alpha value is -2.17. The van der Waals surface area contributed by atoms with Crippen LogP contribution in [0.15, 0.2) is 24.3 Å². The highest BCUT2D eigenvalue weighted by Crippen LogP contribution is 2.60. The number of halogens is 1. The largest absolute Gasteiger partial charge is 0.396 e. The molecule has 1 aromatic carbocycles. The van der Waals surface area contributed by atoms with E-state index in [1.165, 1.54) is 0 Å². The van der Waals surface area contributed by atoms with Crippen LogP contribution < -0.4 is 15.5 Å². The number of carbonyl (C=O) groups is 3. The minimum absolute atomic E-state index is 0.0869. The molecule has 1 aromatic rings. The summed E-state index contributed by atoms with van der Waals surface area (Å²) in [7, 11) is 0. The highest BCUT2D eigenvalue weighted by molar-refractivity contribution is 9.09. The molecule has 210 valence electrons. The molecule has 0 aliphatic carbocycles. The number of rotatable bonds is 13. The first-order valence-corrected chi connectivity index (χ1v) is 14.9. The molecule has 0 saturated carbocycles. The summed E-state index contributed by atoms with van der Waals surface area (Å²) in [6.07, 6.45) is 2.85. The molecule has 3 aliphatic rings. The van der Waals surface area contributed by atoms with Gasteiger partial charge in [0.25, 0.3) is 0 Å². The standard InChI is InChI=1S/C28H41BrN4O5/c1-4-14-30-25(35)21-22-27(37)33(15-8-7-9-16-34)24(28(22)17-20(29)23(21)38-28)26(36)31-18-10-12-19(13-11-18)32(5-2)6-3/h10-13,20-24,34H,4-9,14-17H2,1-3H3,(H,30,35)(H,31,36)/t20?,21-,22+,23-,24?,28?/m1/s1. The first kappa shape index (κ1) is 28.8. The molecule has 0 radical (unpaired) electrons. The van der Waals surface area contributed by atoms with Gasteiger partial charge in [0.15, 0.2) is 0 Å². The maximum atomic E-state index is 13.9. The van der Waals surface area contributed by atoms with Crippen LogP contribution in [0.3, 0.4) is 0 Å². The molecule has 0 aromatic heterocycles. The number of likely N-dealkylation sites (tertiary alicyclic amines) is 1. The van der Waals surface area contributed by atoms with Crippen molar-refractivity contribution in [2.75, 3.05) is 43.0 Å². The molecule has 3 N–H and O–H groups in total. The Labute approximate surface area is 233 Å². The van der Waals surface area contributed by atoms with Crippen LogP contribution in [-0.2, 0) is 19.1 Å². The molecule has 38 heavy (non-hydrogen) atoms. The fraction of sp³-hybridized carbons (Fsp3) is 0.679. The molecule has 10 heteroatoms. The number of aliphatic hydroxyl groups excluding tert-OH is 1. The van der Waals surface area contributed by atoms with Gasteiger partial charge in [-0.05, 0) is 70.2 Å². The Morgan fingerprint density at radius 2 is 1.84 bits per heavy atom. The first-order valence-electron chi connectivity index (χ1n) is 14.0. The summed E-state index contributed by atoms with van der Waals surface area (Å²) in [5, 5.41) is 15.2. The number of unbranched alkanes of at least 4 members (excludes halogenated alkanes) is 2. The highest BCUT2D eigenvalue weighted by atomic mass is 79.9. The molecule has 3 amide bonds. The van der Waals surface area contributed by atoms with Crippen molar-refractivity contribution in [1.29, 1.82) is 0 Å². The minimum Gasteiger partial charge on any atom is -0.396 e. The van der Waals surface area contributed by atoms with Crippen LogP contribution in [0.2, 0.25) is 0 Å². The average molecular weight is 594 g/mol. The van der Waals surface area contributed by atoms with Gasteiger partial charge in [-0.2, -0.15) is 0 Å². The normalized spacial score (nSPS) is 29.4. The Morgan fingerprint density at radius 1 is 1.13 bits per heavy atom. The van der Waals surface area contributed by atoms with E-state index in [9.17, 15) is 19.5 Å². The number of nitrogens with one attached hydrogen (secondary N) is 2. The lowest BCUT2D eigenvalue weighted by Gasteiger charge is -2.34. The van der Waals surface area contributed by atoms with E-state index in [1.54, 1.807) is 4.90 Å². The Bertz CT molecular complexity index is 1000. The summed E-state index contributed by atoms with van der Waals surface area (Å²) in [5.41, 5.74) is 0.666. The zero-order valence-electron chi connectivity index (χ0n) is 22.6. The van der Waals surface area contributed by atoms with Crippen molar-refractivity contribution in [2.24, 2.45) is 11.8 Å². The second kappa shape index (κ2) is 12.3. The maximum Gasteiger partial charge on any atom is 0.250 e. The molecule has 3 saturated heterocycles. The van der Waals surface area contributed by atoms with Crippen molar-refractivity contribution in [3.63, 3.8) is 0 Å². The number of ether oxygens (including phenoxy) is 1. The van der Waals surface area contributed by atoms with Crippen molar-refractivity contribution >= 4 is 45.0 Å². The van der Waals surface area contributed by atoms with Crippen LogP contribution in [0.25, 0.3) is 0 Å². The van der Waals surface area contributed by atoms with Crippen molar-refractivity contribution in [3.05, 3.63) is 24.3 Å². The van der Waals surface area contributed by atoms with Gasteiger partial charge < -0.3 is 30.3 Å². The van der Waals surface area contributed by atoms with E-state index in [0.29, 0.717) is 38.0 Å². The Kier molecular flexibility index (Phi) is 9.36. The topological polar surface area (TPSA) is 111 Å². The maximum absolute atomic E-state index is 13.9. The summed E-state index contributed by atoms with van der Waals surface area (Å²) in [4.78, 5) is 44.8. The number of fused-ring (bicyclic) bond motifs is 1. The second-order valence-electron chi connectivity index (χ2n) is 10.5. The number of carbonyl (C=O) groups excluding carboxylic acids is 3. The molecule has 3 aliphatic heterocycles. The summed E-state index contributed by atoms with van der Waals surface area (Å²) in [6.45, 7) is 8.96. The van der Waals surface area contributed by atoms with Crippen molar-refractivity contribution < 1.29 is 24.2 Å². The molecule has 3 fully saturated rings. The molecule has 6 atom stereocenters. The average Bonchev–Trinajstić information content (AvgIpc) is 3.50. The molecule has 3 unspecified atom stereocenters. The Morgan fingerprint density at radius 3 is 2.47 bits per heavy atom. The molecular formula is C28H41BrN4O5. The quantitative estimate of drug-likeness (QED) is 0.240. The SMILES string of the molecule is CCCNC(=O)[C@H]1[C@@H]2OC3(CC2Br)C(C(=O)Nc2ccc(N(CC)CC)cc2)N(CCCCCO)C(=O)[C@H]13. The van der Waals surface area contributed by atoms with Gasteiger partial charge in [-0.3, -0.25) is 14.4 Å². The van der Waals surface area contributed by atoms with Gasteiger partial charge in [-0.1, -0.05) is 22.9 Å². The predicted octanol–water partition coefficient (Wildman–Crippen LogP) is 2.91. The molecule has 9 nitrogen and oxygen atoms in total. The van der Waals surface area contributed by atoms with Gasteiger partial charge in [0.1, 0.15) is 11.6 Å². The zero-order chi connectivity index (χ0) is 27.4. The number of amides is 3. The lowest BCUT2D eigenvalue weighted by atomic mass is 9.70. The zero-order valence-corrected chi connectivity index (χ0v) is 24.2. The summed E-state index contributed by atoms with van der Waals surface area (Å²) >= 11 is 3.70. The number of hydrogen-bond acceptors (Lipinski definition) is 6. The number of nitrogens with zero attached hydrogens (tertiary/aromatic N) is 2. The third kappa shape index (κ3) is 5.19. The van der Waals surface area contributed by atoms with Crippen LogP contribution in [-0.4, -0.2) is 83.1 Å². The van der Waals surface area contributed by atoms with Crippen LogP contribution in [0.1, 0.15) is 52.9 Å². The van der Waals surface area contributed by atoms with Crippen LogP contribution in [0.5, 0.6) is 0 Å². The summed E-state index contributed by atoms with van der Waals surface area (Å²) in [5.74, 6) is -2.01. The van der Waals surface area contributed by atoms with E-state index in [0.717, 1.165) is 31.6 Å². The fourth-order valence-corrected chi connectivity index (χ4v) is 7.40. The van der Waals surface area contributed by atoms with Crippen molar-refractivity contribution in [2.45, 2.75) is 75.4 Å². The molecular weight excluding hydrogens is 552 g/mol. The number of hydrogen-bond donors (Lipinski definition) is 3. The van der Waals surface area contributed by atoms with Crippen LogP contribution >= 0.6 is 15.9 Å². The van der Waals surface area contributed by atoms with E-state index < -0.39 is 29.6 Å². The van der Waals surface area contributed by atoms with Gasteiger partial charge in [0.2, 0.25) is 17.7 Å². The molecule has 2 bridgehead atoms. The molecule has 1 spiro atoms. The van der Waals surface area contributed by atoms with Crippen molar-refractivity contribution in [3.8, 4) is 0 Å². The first-order chi connectivity index (χ1) is 18.3. The van der Waals surface area contributed by atoms with Gasteiger partial charge in [-0.15, -0.1) is 0 Å². The third-order valence-corrected chi connectivity index (χ3v) is 9.05. The summed E-state index contributed by atoms with van der Waals surface area (Å²) < 4.78 is 6.51. The number of benzene rings is 1. The van der Waals surface area contributed by atoms with Gasteiger partial charge in [-0.25, -0.2) is 0 Å². The monoisotopic (exact) mass is 592 g/mol. The third-order valence-electron chi connectivity index (χ3n) is 8.21. The second-order valence-corrected chi connectivity index (χ2v) is 11.7. The summed E-state index contributed by atoms with van der Waals surface area (Å²) in [6, 6.07) is 6.88. The molecule has 4 rings (SSSR count). The van der Waals surface area contributed by atoms with Gasteiger partial charge in [0, 0.05) is 49.0 Å². The minimum atomic E-state index is -1.06. The lowest BCUT2D eigenvalue weighted by molar-refractivity contribution is -0.140. The number of aliphatic hydroxyl groups is 1. The van der Waals surface area contributed by atoms with E-state index in [-0.39, 0.29) is 29.2 Å². The number of alkyl halides is 1. The van der Waals surface area contributed by atoms with Gasteiger partial charge >= 0.3 is 0 Å². The fourth-order valence-electron chi connectivity index (χ4n) is 6.46. The number of anilines is 2. The van der Waals surface area contributed by atoms with E-state index >= 15 is 0 Å². The highest BCUT2D eigenvalue weighted by Gasteiger charge is 2.76. The smallest absolute Gasteiger partial charge is 0.250 e. The predicted molar refractivity (Wildman–Crippen MR) is 150 cm³/mol. The van der Waals surface area contributed by atoms with E-state index in [4.69, 9.17) is 4.74 Å². The van der Waals surface area contributed by atoms with E-state index in [2.05, 4.69) is 45.3 Å². The van der Waals surface area contributed by atoms with E-state index in [1.807, 2.05) is 31.2 Å². The Balaban J connectivity index is 1.61. The lowest BCUT2D eigenvalue weighted by Crippen LogP contribution is -2.54. The molecule has 3 heterocycles. The van der Waals surface area contributed by atoms with Crippen LogP contribution in [0, 0.1) is 11.8 Å². The van der Waals surface area contributed by atoms with Crippen molar-refractivity contribution in [1.82, 2.24) is 10.2 Å². The van der Waals surface area contributed by atoms with Crippen LogP contribution in [0.4, 0.5) is 11.4 Å². The van der Waals surface area contributed by atoms with Gasteiger partial charge in [0.05, 0.1) is 17.9 Å².